The van der Waals surface area contributed by atoms with Crippen LogP contribution in [-0.4, -0.2) is 52.5 Å². The topological polar surface area (TPSA) is 156 Å². The highest BCUT2D eigenvalue weighted by molar-refractivity contribution is 5.93. The number of aryl methyl sites for hydroxylation is 2. The normalized spacial score (nSPS) is 13.6. The van der Waals surface area contributed by atoms with Crippen molar-refractivity contribution in [3.63, 3.8) is 0 Å². The third-order valence-electron chi connectivity index (χ3n) is 12.6. The molecule has 10 nitrogen and oxygen atoms in total. The number of ketones is 2. The third kappa shape index (κ3) is 21.9. The van der Waals surface area contributed by atoms with E-state index in [1.54, 1.807) is 0 Å². The molecule has 0 bridgehead atoms. The molecule has 0 fully saturated rings. The Morgan fingerprint density at radius 3 is 1.13 bits per heavy atom. The summed E-state index contributed by atoms with van der Waals surface area (Å²) in [6, 6.07) is 47.2. The first-order chi connectivity index (χ1) is 34.1. The van der Waals surface area contributed by atoms with Gasteiger partial charge in [-0.15, -0.1) is 0 Å². The van der Waals surface area contributed by atoms with Crippen molar-refractivity contribution in [2.75, 3.05) is 0 Å². The first-order valence-electron chi connectivity index (χ1n) is 25.3. The number of aliphatic carboxylic acids is 1. The van der Waals surface area contributed by atoms with E-state index in [1.165, 1.54) is 11.1 Å². The Kier molecular flexibility index (Phi) is 24.7. The van der Waals surface area contributed by atoms with Gasteiger partial charge in [-0.25, -0.2) is 0 Å². The van der Waals surface area contributed by atoms with Crippen LogP contribution in [0.5, 0.6) is 0 Å². The van der Waals surface area contributed by atoms with Crippen molar-refractivity contribution in [2.45, 2.75) is 124 Å². The fraction of sp³-hybridized carbons (Fsp3) is 0.410. The number of carboxylic acid groups (broad SMARTS) is 1. The molecule has 0 saturated carbocycles. The zero-order valence-corrected chi connectivity index (χ0v) is 42.6. The van der Waals surface area contributed by atoms with E-state index in [9.17, 15) is 33.9 Å². The number of nitrogens with one attached hydrogen (secondary N) is 2. The number of carbonyl (C=O) groups excluding carboxylic acids is 5. The number of hydrogen-bond acceptors (Lipinski definition) is 7. The number of hydrogen-bond donors (Lipinski definition) is 3. The molecule has 5 aromatic carbocycles. The van der Waals surface area contributed by atoms with Gasteiger partial charge in [0.05, 0.1) is 23.9 Å². The predicted molar refractivity (Wildman–Crippen MR) is 281 cm³/mol. The van der Waals surface area contributed by atoms with Gasteiger partial charge >= 0.3 is 11.9 Å². The summed E-state index contributed by atoms with van der Waals surface area (Å²) in [6.45, 7) is 12.0. The standard InChI is InChI=1S/C34H41NO4.C27H35NO4/c1-25(2)21-31(35-33(37)26(3)19-20-27-13-7-4-8-14-27)32(36)23-30(22-28-15-9-5-10-16-28)34(38)39-24-29-17-11-6-12-18-29;1-19(2)16-24(28-26(30)20(3)14-15-21-10-6-4-7-11-21)25(29)18-23(27(31)32)17-22-12-8-5-9-13-22/h4-18,25-26,30-31H,19-24H2,1-3H3,(H,35,37);4-13,19-20,23-24H,14-18H2,1-3H3,(H,28,30)(H,31,32)/t26-,30+,31-;20-,23+,24-/m00/s1. The Balaban J connectivity index is 0.000000315. The van der Waals surface area contributed by atoms with Crippen molar-refractivity contribution in [1.82, 2.24) is 10.6 Å². The van der Waals surface area contributed by atoms with Gasteiger partial charge in [-0.1, -0.05) is 193 Å². The van der Waals surface area contributed by atoms with Crippen LogP contribution in [0.2, 0.25) is 0 Å². The van der Waals surface area contributed by atoms with Crippen molar-refractivity contribution in [2.24, 2.45) is 35.5 Å². The zero-order valence-electron chi connectivity index (χ0n) is 42.6. The van der Waals surface area contributed by atoms with Crippen molar-refractivity contribution < 1.29 is 38.6 Å². The van der Waals surface area contributed by atoms with Crippen LogP contribution in [0.25, 0.3) is 0 Å². The molecule has 0 spiro atoms. The number of esters is 1. The van der Waals surface area contributed by atoms with Gasteiger partial charge in [0.25, 0.3) is 0 Å². The summed E-state index contributed by atoms with van der Waals surface area (Å²) in [7, 11) is 0. The van der Waals surface area contributed by atoms with Gasteiger partial charge < -0.3 is 20.5 Å². The van der Waals surface area contributed by atoms with E-state index in [4.69, 9.17) is 4.74 Å². The Morgan fingerprint density at radius 2 is 0.775 bits per heavy atom. The van der Waals surface area contributed by atoms with E-state index in [-0.39, 0.29) is 72.9 Å². The first-order valence-corrected chi connectivity index (χ1v) is 25.3. The van der Waals surface area contributed by atoms with Gasteiger partial charge in [-0.3, -0.25) is 28.8 Å². The van der Waals surface area contributed by atoms with Gasteiger partial charge in [-0.05, 0) is 91.0 Å². The Bertz CT molecular complexity index is 2360. The number of carboxylic acids is 1. The number of carbonyl (C=O) groups is 6. The summed E-state index contributed by atoms with van der Waals surface area (Å²) >= 11 is 0. The quantitative estimate of drug-likeness (QED) is 0.0418. The lowest BCUT2D eigenvalue weighted by molar-refractivity contribution is -0.151. The smallest absolute Gasteiger partial charge is 0.310 e. The van der Waals surface area contributed by atoms with Crippen molar-refractivity contribution >= 4 is 35.3 Å². The van der Waals surface area contributed by atoms with E-state index in [0.717, 1.165) is 29.5 Å². The van der Waals surface area contributed by atoms with E-state index >= 15 is 0 Å². The summed E-state index contributed by atoms with van der Waals surface area (Å²) in [5, 5.41) is 15.6. The number of ether oxygens (including phenoxy) is 1. The van der Waals surface area contributed by atoms with E-state index in [1.807, 2.05) is 181 Å². The van der Waals surface area contributed by atoms with Crippen molar-refractivity contribution in [3.8, 4) is 0 Å². The number of benzene rings is 5. The van der Waals surface area contributed by atoms with Crippen LogP contribution in [-0.2, 0) is 65.8 Å². The highest BCUT2D eigenvalue weighted by Crippen LogP contribution is 2.21. The highest BCUT2D eigenvalue weighted by Gasteiger charge is 2.31. The van der Waals surface area contributed by atoms with Crippen LogP contribution < -0.4 is 10.6 Å². The fourth-order valence-electron chi connectivity index (χ4n) is 8.33. The molecule has 10 heteroatoms. The monoisotopic (exact) mass is 965 g/mol. The molecule has 0 aromatic heterocycles. The average molecular weight is 965 g/mol. The molecular weight excluding hydrogens is 889 g/mol. The van der Waals surface area contributed by atoms with Gasteiger partial charge in [0.1, 0.15) is 6.61 Å². The first kappa shape index (κ1) is 56.9. The minimum atomic E-state index is -0.993. The molecule has 0 unspecified atom stereocenters. The maximum absolute atomic E-state index is 13.6. The van der Waals surface area contributed by atoms with Gasteiger partial charge in [0, 0.05) is 24.7 Å². The molecular formula is C61H76N2O8. The molecule has 0 aliphatic heterocycles. The van der Waals surface area contributed by atoms with Crippen LogP contribution in [0.4, 0.5) is 0 Å². The molecule has 0 heterocycles. The lowest BCUT2D eigenvalue weighted by Crippen LogP contribution is -2.45. The predicted octanol–water partition coefficient (Wildman–Crippen LogP) is 11.0. The van der Waals surface area contributed by atoms with Crippen LogP contribution >= 0.6 is 0 Å². The molecule has 6 atom stereocenters. The Morgan fingerprint density at radius 1 is 0.451 bits per heavy atom. The minimum absolute atomic E-state index is 0.0125. The molecule has 0 radical (unpaired) electrons. The van der Waals surface area contributed by atoms with Gasteiger partial charge in [-0.2, -0.15) is 0 Å². The van der Waals surface area contributed by atoms with E-state index < -0.39 is 35.9 Å². The molecule has 3 N–H and O–H groups in total. The van der Waals surface area contributed by atoms with Crippen molar-refractivity contribution in [1.29, 1.82) is 0 Å². The Hall–Kier alpha value is -6.68. The maximum Gasteiger partial charge on any atom is 0.310 e. The fourth-order valence-corrected chi connectivity index (χ4v) is 8.33. The highest BCUT2D eigenvalue weighted by atomic mass is 16.5. The summed E-state index contributed by atoms with van der Waals surface area (Å²) in [5.74, 6) is -3.55. The third-order valence-corrected chi connectivity index (χ3v) is 12.6. The molecule has 0 aliphatic rings. The second-order valence-corrected chi connectivity index (χ2v) is 19.8. The molecule has 71 heavy (non-hydrogen) atoms. The summed E-state index contributed by atoms with van der Waals surface area (Å²) < 4.78 is 5.64. The van der Waals surface area contributed by atoms with Crippen LogP contribution in [0.1, 0.15) is 108 Å². The average Bonchev–Trinajstić information content (AvgIpc) is 3.37. The van der Waals surface area contributed by atoms with E-state index in [0.29, 0.717) is 32.1 Å². The summed E-state index contributed by atoms with van der Waals surface area (Å²) in [6.07, 6.45) is 4.58. The van der Waals surface area contributed by atoms with Crippen LogP contribution in [0, 0.1) is 35.5 Å². The van der Waals surface area contributed by atoms with Crippen LogP contribution in [0.3, 0.4) is 0 Å². The Labute approximate surface area is 422 Å². The molecule has 378 valence electrons. The minimum Gasteiger partial charge on any atom is -0.481 e. The number of rotatable bonds is 28. The lowest BCUT2D eigenvalue weighted by Gasteiger charge is -2.24. The summed E-state index contributed by atoms with van der Waals surface area (Å²) in [4.78, 5) is 77.5. The molecule has 0 aliphatic carbocycles. The van der Waals surface area contributed by atoms with Crippen LogP contribution in [0.15, 0.2) is 152 Å². The molecule has 0 saturated heterocycles. The largest absolute Gasteiger partial charge is 0.481 e. The second kappa shape index (κ2) is 30.8. The van der Waals surface area contributed by atoms with Gasteiger partial charge in [0.2, 0.25) is 11.8 Å². The SMILES string of the molecule is CC(C)C[C@H](NC(=O)[C@@H](C)CCc1ccccc1)C(=O)C[C@@H](Cc1ccccc1)C(=O)O.CC(C)C[C@H](NC(=O)[C@@H](C)CCc1ccccc1)C(=O)C[C@@H](Cc1ccccc1)C(=O)OCc1ccccc1. The number of amides is 2. The zero-order chi connectivity index (χ0) is 51.5. The molecule has 5 rings (SSSR count). The van der Waals surface area contributed by atoms with E-state index in [2.05, 4.69) is 22.8 Å². The molecule has 5 aromatic rings. The number of Topliss-reactive ketones (excluding diaryl/α,β-unsaturated/α-hetero) is 2. The second-order valence-electron chi connectivity index (χ2n) is 19.8. The lowest BCUT2D eigenvalue weighted by atomic mass is 9.89. The molecule has 2 amide bonds. The van der Waals surface area contributed by atoms with Gasteiger partial charge in [0.15, 0.2) is 11.6 Å². The summed E-state index contributed by atoms with van der Waals surface area (Å²) in [5.41, 5.74) is 5.10. The maximum atomic E-state index is 13.6. The van der Waals surface area contributed by atoms with Crippen molar-refractivity contribution in [3.05, 3.63) is 179 Å².